The normalized spacial score (nSPS) is 28.0. The van der Waals surface area contributed by atoms with Gasteiger partial charge in [0.05, 0.1) is 12.2 Å². The highest BCUT2D eigenvalue weighted by Crippen LogP contribution is 2.45. The lowest BCUT2D eigenvalue weighted by molar-refractivity contribution is -0.0292. The molecule has 0 aromatic carbocycles. The third-order valence-electron chi connectivity index (χ3n) is 8.64. The number of hydrogen-bond acceptors (Lipinski definition) is 3. The van der Waals surface area contributed by atoms with Crippen molar-refractivity contribution >= 4 is 0 Å². The quantitative estimate of drug-likeness (QED) is 0.177. The van der Waals surface area contributed by atoms with Gasteiger partial charge in [-0.15, -0.1) is 0 Å². The van der Waals surface area contributed by atoms with Crippen molar-refractivity contribution in [2.24, 2.45) is 10.8 Å². The lowest BCUT2D eigenvalue weighted by atomic mass is 9.64. The first-order valence-electron chi connectivity index (χ1n) is 15.5. The van der Waals surface area contributed by atoms with Gasteiger partial charge >= 0.3 is 0 Å². The SMILES string of the molecule is CC1=C[C@H](O)CC(C)(C)[C@@]1(O)/C=C/C(C)=C/C=C/C(C)=C/C=C/C=C(C)/C=C/C=C(C)/C=C/C1=C(C)C[C@@H](O)CC1(C)C. The molecule has 234 valence electrons. The minimum atomic E-state index is -1.08. The molecule has 43 heavy (non-hydrogen) atoms. The standard InChI is InChI=1S/C40H56O3/c1-29(17-13-19-31(3)21-22-37-33(5)25-35(41)27-38(37,7)8)15-11-12-16-30(2)18-14-20-32(4)23-24-40(43)34(6)26-36(42)28-39(40,9)10/h11-24,26,35-36,41-43H,25,27-28H2,1-10H3/b12-11+,17-13+,18-14+,22-21+,24-23+,29-15+,30-16+,31-19+,32-20+/t35-,36+,40-/m1/s1. The van der Waals surface area contributed by atoms with Crippen molar-refractivity contribution in [3.8, 4) is 0 Å². The van der Waals surface area contributed by atoms with Crippen molar-refractivity contribution in [2.45, 2.75) is 106 Å². The van der Waals surface area contributed by atoms with Crippen molar-refractivity contribution in [2.75, 3.05) is 0 Å². The summed E-state index contributed by atoms with van der Waals surface area (Å²) in [5.74, 6) is 0. The monoisotopic (exact) mass is 584 g/mol. The molecule has 2 rings (SSSR count). The first kappa shape index (κ1) is 36.2. The summed E-state index contributed by atoms with van der Waals surface area (Å²) in [6, 6.07) is 0. The maximum Gasteiger partial charge on any atom is 0.109 e. The van der Waals surface area contributed by atoms with Gasteiger partial charge in [-0.05, 0) is 83.4 Å². The van der Waals surface area contributed by atoms with E-state index in [1.54, 1.807) is 6.08 Å². The molecular formula is C40H56O3. The fourth-order valence-corrected chi connectivity index (χ4v) is 6.03. The summed E-state index contributed by atoms with van der Waals surface area (Å²) >= 11 is 0. The van der Waals surface area contributed by atoms with Crippen LogP contribution in [0.25, 0.3) is 0 Å². The molecule has 0 aromatic rings. The Hall–Kier alpha value is -2.98. The molecule has 0 bridgehead atoms. The summed E-state index contributed by atoms with van der Waals surface area (Å²) < 4.78 is 0. The van der Waals surface area contributed by atoms with Crippen LogP contribution in [0.3, 0.4) is 0 Å². The molecule has 0 amide bonds. The molecule has 0 aromatic heterocycles. The minimum Gasteiger partial charge on any atom is -0.393 e. The second-order valence-electron chi connectivity index (χ2n) is 13.8. The summed E-state index contributed by atoms with van der Waals surface area (Å²) in [6.45, 7) is 20.7. The molecule has 3 nitrogen and oxygen atoms in total. The van der Waals surface area contributed by atoms with E-state index in [1.165, 1.54) is 22.3 Å². The van der Waals surface area contributed by atoms with Gasteiger partial charge in [0.15, 0.2) is 0 Å². The van der Waals surface area contributed by atoms with Crippen molar-refractivity contribution < 1.29 is 15.3 Å². The smallest absolute Gasteiger partial charge is 0.109 e. The summed E-state index contributed by atoms with van der Waals surface area (Å²) in [6.07, 6.45) is 32.0. The summed E-state index contributed by atoms with van der Waals surface area (Å²) in [5.41, 5.74) is 6.41. The van der Waals surface area contributed by atoms with Gasteiger partial charge in [0.2, 0.25) is 0 Å². The van der Waals surface area contributed by atoms with Crippen LogP contribution in [0.15, 0.2) is 130 Å². The zero-order chi connectivity index (χ0) is 32.4. The van der Waals surface area contributed by atoms with Crippen LogP contribution in [-0.2, 0) is 0 Å². The van der Waals surface area contributed by atoms with E-state index >= 15 is 0 Å². The Morgan fingerprint density at radius 3 is 1.72 bits per heavy atom. The topological polar surface area (TPSA) is 60.7 Å². The van der Waals surface area contributed by atoms with Gasteiger partial charge in [-0.3, -0.25) is 0 Å². The third-order valence-corrected chi connectivity index (χ3v) is 8.64. The molecule has 0 fully saturated rings. The van der Waals surface area contributed by atoms with Crippen LogP contribution in [0.1, 0.15) is 88.5 Å². The minimum absolute atomic E-state index is 0.00435. The van der Waals surface area contributed by atoms with Crippen molar-refractivity contribution in [3.05, 3.63) is 130 Å². The molecule has 0 unspecified atom stereocenters. The van der Waals surface area contributed by atoms with Crippen LogP contribution in [0.4, 0.5) is 0 Å². The van der Waals surface area contributed by atoms with Crippen LogP contribution in [0.2, 0.25) is 0 Å². The molecule has 0 aliphatic heterocycles. The van der Waals surface area contributed by atoms with Crippen LogP contribution in [0, 0.1) is 10.8 Å². The van der Waals surface area contributed by atoms with E-state index in [1.807, 2.05) is 64.2 Å². The first-order chi connectivity index (χ1) is 20.0. The molecule has 0 heterocycles. The Balaban J connectivity index is 1.93. The Morgan fingerprint density at radius 1 is 0.721 bits per heavy atom. The van der Waals surface area contributed by atoms with Crippen LogP contribution in [0.5, 0.6) is 0 Å². The van der Waals surface area contributed by atoms with Gasteiger partial charge in [-0.2, -0.15) is 0 Å². The summed E-state index contributed by atoms with van der Waals surface area (Å²) in [5, 5.41) is 31.5. The zero-order valence-corrected chi connectivity index (χ0v) is 28.3. The van der Waals surface area contributed by atoms with E-state index < -0.39 is 17.1 Å². The average molecular weight is 585 g/mol. The van der Waals surface area contributed by atoms with Crippen molar-refractivity contribution in [1.82, 2.24) is 0 Å². The molecule has 0 saturated carbocycles. The molecule has 3 heteroatoms. The van der Waals surface area contributed by atoms with Crippen LogP contribution in [-0.4, -0.2) is 33.1 Å². The molecule has 0 radical (unpaired) electrons. The fourth-order valence-electron chi connectivity index (χ4n) is 6.03. The van der Waals surface area contributed by atoms with E-state index in [0.29, 0.717) is 6.42 Å². The second kappa shape index (κ2) is 15.7. The Kier molecular flexibility index (Phi) is 13.2. The molecule has 3 N–H and O–H groups in total. The third kappa shape index (κ3) is 10.9. The Bertz CT molecular complexity index is 1330. The number of rotatable bonds is 10. The molecular weight excluding hydrogens is 528 g/mol. The predicted molar refractivity (Wildman–Crippen MR) is 186 cm³/mol. The van der Waals surface area contributed by atoms with Gasteiger partial charge in [0.1, 0.15) is 5.60 Å². The van der Waals surface area contributed by atoms with Gasteiger partial charge in [0.25, 0.3) is 0 Å². The molecule has 0 spiro atoms. The zero-order valence-electron chi connectivity index (χ0n) is 28.3. The van der Waals surface area contributed by atoms with Gasteiger partial charge in [-0.1, -0.05) is 141 Å². The number of aliphatic hydroxyl groups excluding tert-OH is 2. The Morgan fingerprint density at radius 2 is 1.21 bits per heavy atom. The lowest BCUT2D eigenvalue weighted by Gasteiger charge is -2.46. The van der Waals surface area contributed by atoms with Gasteiger partial charge < -0.3 is 15.3 Å². The van der Waals surface area contributed by atoms with E-state index in [0.717, 1.165) is 29.6 Å². The van der Waals surface area contributed by atoms with E-state index in [-0.39, 0.29) is 11.5 Å². The lowest BCUT2D eigenvalue weighted by Crippen LogP contribution is -2.48. The Labute approximate surface area is 262 Å². The van der Waals surface area contributed by atoms with Crippen molar-refractivity contribution in [1.29, 1.82) is 0 Å². The maximum absolute atomic E-state index is 11.3. The fraction of sp³-hybridized carbons (Fsp3) is 0.450. The highest BCUT2D eigenvalue weighted by atomic mass is 16.3. The maximum atomic E-state index is 11.3. The molecule has 2 aliphatic carbocycles. The number of allylic oxidation sites excluding steroid dienone is 18. The van der Waals surface area contributed by atoms with Crippen LogP contribution >= 0.6 is 0 Å². The largest absolute Gasteiger partial charge is 0.393 e. The predicted octanol–water partition coefficient (Wildman–Crippen LogP) is 9.52. The van der Waals surface area contributed by atoms with Gasteiger partial charge in [0, 0.05) is 5.41 Å². The van der Waals surface area contributed by atoms with Crippen LogP contribution < -0.4 is 0 Å². The second-order valence-corrected chi connectivity index (χ2v) is 13.8. The highest BCUT2D eigenvalue weighted by molar-refractivity contribution is 5.39. The molecule has 3 atom stereocenters. The molecule has 2 aliphatic rings. The summed E-state index contributed by atoms with van der Waals surface area (Å²) in [7, 11) is 0. The number of hydrogen-bond donors (Lipinski definition) is 3. The van der Waals surface area contributed by atoms with Crippen molar-refractivity contribution in [3.63, 3.8) is 0 Å². The van der Waals surface area contributed by atoms with Gasteiger partial charge in [-0.25, -0.2) is 0 Å². The average Bonchev–Trinajstić information content (AvgIpc) is 2.87. The number of aliphatic hydroxyl groups is 3. The van der Waals surface area contributed by atoms with E-state index in [9.17, 15) is 15.3 Å². The first-order valence-corrected chi connectivity index (χ1v) is 15.5. The highest BCUT2D eigenvalue weighted by Gasteiger charge is 2.46. The summed E-state index contributed by atoms with van der Waals surface area (Å²) in [4.78, 5) is 0. The van der Waals surface area contributed by atoms with E-state index in [2.05, 4.69) is 90.2 Å². The van der Waals surface area contributed by atoms with E-state index in [4.69, 9.17) is 0 Å². The molecule has 0 saturated heterocycles.